The first-order valence-corrected chi connectivity index (χ1v) is 18.1. The van der Waals surface area contributed by atoms with Crippen LogP contribution in [0.4, 0.5) is 0 Å². The van der Waals surface area contributed by atoms with E-state index in [9.17, 15) is 0 Å². The molecule has 9 heteroatoms. The largest absolute Gasteiger partial charge is 0.493 e. The second-order valence-corrected chi connectivity index (χ2v) is 13.9. The van der Waals surface area contributed by atoms with Crippen LogP contribution in [0.15, 0.2) is 167 Å². The third-order valence-corrected chi connectivity index (χ3v) is 10.9. The van der Waals surface area contributed by atoms with Crippen molar-refractivity contribution in [3.8, 4) is 11.5 Å². The summed E-state index contributed by atoms with van der Waals surface area (Å²) in [6, 6.07) is 48.9. The minimum Gasteiger partial charge on any atom is -0.493 e. The summed E-state index contributed by atoms with van der Waals surface area (Å²) in [6.07, 6.45) is 1.79. The molecule has 0 fully saturated rings. The number of methoxy groups -OCH3 is 2. The lowest BCUT2D eigenvalue weighted by molar-refractivity contribution is 0.180. The Hall–Kier alpha value is -5.24. The van der Waals surface area contributed by atoms with E-state index in [4.69, 9.17) is 59.3 Å². The summed E-state index contributed by atoms with van der Waals surface area (Å²) < 4.78 is 11.6. The van der Waals surface area contributed by atoms with E-state index < -0.39 is 16.9 Å². The SMILES string of the molecule is COc1ccc(C2(c3ccccc3)NC(c3ccccc3Cl)(C3(c4ccccc4Cl)N=CC(c4ccccc4)=N3)N=C2c2ccccc2Cl)cc1OC. The first-order valence-electron chi connectivity index (χ1n) is 17.0. The molecule has 262 valence electrons. The summed E-state index contributed by atoms with van der Waals surface area (Å²) in [6.45, 7) is 0. The first-order chi connectivity index (χ1) is 25.9. The molecular weight excluding hydrogens is 723 g/mol. The van der Waals surface area contributed by atoms with Gasteiger partial charge < -0.3 is 9.47 Å². The fourth-order valence-electron chi connectivity index (χ4n) is 7.48. The van der Waals surface area contributed by atoms with Crippen molar-refractivity contribution in [1.29, 1.82) is 0 Å². The van der Waals surface area contributed by atoms with Gasteiger partial charge >= 0.3 is 0 Å². The molecule has 2 aliphatic heterocycles. The average Bonchev–Trinajstić information content (AvgIpc) is 3.82. The molecule has 8 rings (SSSR count). The third-order valence-electron chi connectivity index (χ3n) is 9.90. The summed E-state index contributed by atoms with van der Waals surface area (Å²) in [7, 11) is 3.24. The Balaban J connectivity index is 1.56. The number of benzene rings is 6. The van der Waals surface area contributed by atoms with Gasteiger partial charge in [-0.3, -0.25) is 15.3 Å². The van der Waals surface area contributed by atoms with E-state index in [1.54, 1.807) is 20.4 Å². The number of hydrogen-bond acceptors (Lipinski definition) is 6. The number of aliphatic imine (C=N–C) groups is 3. The third kappa shape index (κ3) is 5.56. The maximum absolute atomic E-state index is 7.31. The van der Waals surface area contributed by atoms with Gasteiger partial charge in [-0.05, 0) is 41.5 Å². The first kappa shape index (κ1) is 34.8. The Labute approximate surface area is 323 Å². The van der Waals surface area contributed by atoms with Gasteiger partial charge in [-0.15, -0.1) is 0 Å². The molecule has 0 saturated heterocycles. The van der Waals surface area contributed by atoms with Crippen LogP contribution in [0.1, 0.15) is 33.4 Å². The molecule has 3 atom stereocenters. The van der Waals surface area contributed by atoms with Gasteiger partial charge in [-0.2, -0.15) is 0 Å². The van der Waals surface area contributed by atoms with Crippen LogP contribution in [-0.2, 0) is 16.9 Å². The highest BCUT2D eigenvalue weighted by atomic mass is 35.5. The standard InChI is InChI=1S/C44H33Cl3N4O2/c1-52-39-26-25-31(27-40(39)53-2)42(30-17-7-4-8-18-30)41(32-19-9-12-22-35(32)45)50-44(51-42,34-21-11-14-24-37(34)47)43(33-20-10-13-23-36(33)46)48-28-38(49-43)29-15-5-3-6-16-29/h3-28,51H,1-2H3. The molecule has 0 bridgehead atoms. The van der Waals surface area contributed by atoms with Crippen LogP contribution in [0.3, 0.4) is 0 Å². The zero-order chi connectivity index (χ0) is 36.6. The van der Waals surface area contributed by atoms with Gasteiger partial charge in [0.25, 0.3) is 0 Å². The van der Waals surface area contributed by atoms with Crippen molar-refractivity contribution in [2.75, 3.05) is 14.2 Å². The number of nitrogens with zero attached hydrogens (tertiary/aromatic N) is 3. The van der Waals surface area contributed by atoms with Crippen molar-refractivity contribution in [2.24, 2.45) is 15.0 Å². The molecule has 6 aromatic rings. The van der Waals surface area contributed by atoms with Gasteiger partial charge in [-0.1, -0.05) is 156 Å². The van der Waals surface area contributed by atoms with Crippen molar-refractivity contribution in [3.63, 3.8) is 0 Å². The maximum Gasteiger partial charge on any atom is 0.220 e. The monoisotopic (exact) mass is 754 g/mol. The lowest BCUT2D eigenvalue weighted by Crippen LogP contribution is -2.59. The Morgan fingerprint density at radius 2 is 1.13 bits per heavy atom. The highest BCUT2D eigenvalue weighted by molar-refractivity contribution is 6.40. The zero-order valence-electron chi connectivity index (χ0n) is 28.8. The van der Waals surface area contributed by atoms with Gasteiger partial charge in [0.15, 0.2) is 17.2 Å². The predicted octanol–water partition coefficient (Wildman–Crippen LogP) is 10.3. The van der Waals surface area contributed by atoms with Gasteiger partial charge in [-0.25, -0.2) is 4.99 Å². The summed E-state index contributed by atoms with van der Waals surface area (Å²) in [5.74, 6) is 1.12. The van der Waals surface area contributed by atoms with Crippen LogP contribution in [0.5, 0.6) is 11.5 Å². The molecule has 0 saturated carbocycles. The summed E-state index contributed by atoms with van der Waals surface area (Å²) in [4.78, 5) is 16.8. The number of halogens is 3. The molecule has 3 unspecified atom stereocenters. The Morgan fingerprint density at radius 3 is 1.77 bits per heavy atom. The van der Waals surface area contributed by atoms with Gasteiger partial charge in [0.05, 0.1) is 31.9 Å². The van der Waals surface area contributed by atoms with Crippen LogP contribution >= 0.6 is 34.8 Å². The van der Waals surface area contributed by atoms with Crippen LogP contribution in [0.2, 0.25) is 15.1 Å². The molecular formula is C44H33Cl3N4O2. The predicted molar refractivity (Wildman–Crippen MR) is 216 cm³/mol. The Bertz CT molecular complexity index is 2420. The van der Waals surface area contributed by atoms with Crippen LogP contribution in [-0.4, -0.2) is 31.9 Å². The molecule has 0 aliphatic carbocycles. The quantitative estimate of drug-likeness (QED) is 0.160. The molecule has 0 radical (unpaired) electrons. The maximum atomic E-state index is 7.31. The van der Waals surface area contributed by atoms with Crippen LogP contribution in [0, 0.1) is 0 Å². The summed E-state index contributed by atoms with van der Waals surface area (Å²) in [5.41, 5.74) is 1.56. The van der Waals surface area contributed by atoms with Crippen molar-refractivity contribution in [3.05, 3.63) is 200 Å². The minimum absolute atomic E-state index is 0.462. The molecule has 6 nitrogen and oxygen atoms in total. The van der Waals surface area contributed by atoms with E-state index in [0.717, 1.165) is 16.7 Å². The Morgan fingerprint density at radius 1 is 0.547 bits per heavy atom. The Kier molecular flexibility index (Phi) is 9.17. The van der Waals surface area contributed by atoms with E-state index in [-0.39, 0.29) is 0 Å². The number of rotatable bonds is 9. The van der Waals surface area contributed by atoms with E-state index in [1.807, 2.05) is 140 Å². The molecule has 0 spiro atoms. The number of hydrogen-bond donors (Lipinski definition) is 1. The van der Waals surface area contributed by atoms with Crippen molar-refractivity contribution < 1.29 is 9.47 Å². The van der Waals surface area contributed by atoms with Gasteiger partial charge in [0.1, 0.15) is 5.54 Å². The molecule has 0 amide bonds. The van der Waals surface area contributed by atoms with E-state index in [2.05, 4.69) is 17.4 Å². The van der Waals surface area contributed by atoms with E-state index in [0.29, 0.717) is 54.7 Å². The van der Waals surface area contributed by atoms with Gasteiger partial charge in [0.2, 0.25) is 5.66 Å². The van der Waals surface area contributed by atoms with Crippen molar-refractivity contribution >= 4 is 52.4 Å². The normalized spacial score (nSPS) is 22.0. The topological polar surface area (TPSA) is 67.6 Å². The molecule has 2 heterocycles. The number of ether oxygens (including phenoxy) is 2. The molecule has 6 aromatic carbocycles. The van der Waals surface area contributed by atoms with E-state index in [1.165, 1.54) is 0 Å². The molecule has 1 N–H and O–H groups in total. The summed E-state index contributed by atoms with van der Waals surface area (Å²) >= 11 is 21.7. The smallest absolute Gasteiger partial charge is 0.220 e. The van der Waals surface area contributed by atoms with Crippen molar-refractivity contribution in [1.82, 2.24) is 5.32 Å². The second kappa shape index (κ2) is 14.0. The van der Waals surface area contributed by atoms with Crippen molar-refractivity contribution in [2.45, 2.75) is 16.9 Å². The average molecular weight is 756 g/mol. The lowest BCUT2D eigenvalue weighted by atomic mass is 9.75. The van der Waals surface area contributed by atoms with Gasteiger partial charge in [0, 0.05) is 37.3 Å². The van der Waals surface area contributed by atoms with Crippen LogP contribution < -0.4 is 14.8 Å². The fourth-order valence-corrected chi connectivity index (χ4v) is 8.25. The molecule has 0 aromatic heterocycles. The molecule has 2 aliphatic rings. The zero-order valence-corrected chi connectivity index (χ0v) is 31.1. The second-order valence-electron chi connectivity index (χ2n) is 12.7. The minimum atomic E-state index is -1.54. The highest BCUT2D eigenvalue weighted by Gasteiger charge is 2.66. The molecule has 53 heavy (non-hydrogen) atoms. The fraction of sp³-hybridized carbons (Fsp3) is 0.114. The van der Waals surface area contributed by atoms with E-state index >= 15 is 0 Å². The van der Waals surface area contributed by atoms with Crippen LogP contribution in [0.25, 0.3) is 0 Å². The highest BCUT2D eigenvalue weighted by Crippen LogP contribution is 2.58. The lowest BCUT2D eigenvalue weighted by Gasteiger charge is -2.44. The number of nitrogens with one attached hydrogen (secondary N) is 1. The summed E-state index contributed by atoms with van der Waals surface area (Å²) in [5, 5.41) is 5.57.